The van der Waals surface area contributed by atoms with Crippen LogP contribution in [0.1, 0.15) is 32.7 Å². The van der Waals surface area contributed by atoms with Crippen molar-refractivity contribution in [1.82, 2.24) is 29.5 Å². The average Bonchev–Trinajstić information content (AvgIpc) is 3.65. The van der Waals surface area contributed by atoms with Crippen molar-refractivity contribution in [3.05, 3.63) is 131 Å². The molecule has 0 aliphatic carbocycles. The first-order chi connectivity index (χ1) is 26.3. The smallest absolute Gasteiger partial charge is 0.417 e. The van der Waals surface area contributed by atoms with E-state index < -0.39 is 44.0 Å². The minimum absolute atomic E-state index is 0.0311. The number of aromatic carboxylic acids is 1. The number of halogens is 3. The van der Waals surface area contributed by atoms with Crippen LogP contribution in [0.4, 0.5) is 13.2 Å². The molecule has 4 aromatic carbocycles. The van der Waals surface area contributed by atoms with Gasteiger partial charge >= 0.3 is 12.1 Å². The summed E-state index contributed by atoms with van der Waals surface area (Å²) in [5.74, 6) is -0.179. The molecule has 55 heavy (non-hydrogen) atoms. The second kappa shape index (κ2) is 16.0. The van der Waals surface area contributed by atoms with Gasteiger partial charge in [0.25, 0.3) is 0 Å². The number of rotatable bonds is 14. The van der Waals surface area contributed by atoms with E-state index in [1.807, 2.05) is 0 Å². The third-order valence-electron chi connectivity index (χ3n) is 8.55. The van der Waals surface area contributed by atoms with Crippen LogP contribution in [0.15, 0.2) is 108 Å². The van der Waals surface area contributed by atoms with Crippen LogP contribution >= 0.6 is 0 Å². The molecule has 0 atom stereocenters. The Kier molecular flexibility index (Phi) is 11.1. The van der Waals surface area contributed by atoms with E-state index in [0.29, 0.717) is 40.0 Å². The Bertz CT molecular complexity index is 2340. The molecule has 1 N–H and O–H groups in total. The fraction of sp³-hybridized carbons (Fsp3) is 0.184. The van der Waals surface area contributed by atoms with Crippen LogP contribution in [0, 0.1) is 0 Å². The van der Waals surface area contributed by atoms with Crippen LogP contribution in [-0.2, 0) is 35.8 Å². The van der Waals surface area contributed by atoms with Gasteiger partial charge in [0, 0.05) is 24.8 Å². The van der Waals surface area contributed by atoms with Crippen molar-refractivity contribution in [1.29, 1.82) is 0 Å². The third-order valence-corrected chi connectivity index (χ3v) is 10.4. The van der Waals surface area contributed by atoms with E-state index in [-0.39, 0.29) is 36.5 Å². The van der Waals surface area contributed by atoms with Gasteiger partial charge < -0.3 is 19.3 Å². The zero-order valence-electron chi connectivity index (χ0n) is 29.6. The molecule has 6 aromatic rings. The number of ether oxygens (including phenoxy) is 3. The predicted octanol–water partition coefficient (Wildman–Crippen LogP) is 6.58. The van der Waals surface area contributed by atoms with E-state index >= 15 is 21.6 Å². The highest BCUT2D eigenvalue weighted by Gasteiger charge is 2.43. The van der Waals surface area contributed by atoms with E-state index in [4.69, 9.17) is 14.2 Å². The van der Waals surface area contributed by atoms with E-state index in [1.54, 1.807) is 72.8 Å². The lowest BCUT2D eigenvalue weighted by Crippen LogP contribution is -2.32. The monoisotopic (exact) mass is 774 g/mol. The number of sulfonamides is 1. The molecule has 0 fully saturated rings. The number of carboxylic acids is 1. The first-order valence-corrected chi connectivity index (χ1v) is 17.9. The molecule has 0 unspecified atom stereocenters. The van der Waals surface area contributed by atoms with Crippen LogP contribution in [0.25, 0.3) is 22.5 Å². The van der Waals surface area contributed by atoms with Crippen LogP contribution < -0.4 is 14.2 Å². The Labute approximate surface area is 313 Å². The quantitative estimate of drug-likeness (QED) is 0.127. The lowest BCUT2D eigenvalue weighted by atomic mass is 9.97. The molecule has 0 aliphatic heterocycles. The van der Waals surface area contributed by atoms with Crippen molar-refractivity contribution in [3.63, 3.8) is 0 Å². The van der Waals surface area contributed by atoms with Gasteiger partial charge in [-0.2, -0.15) is 22.3 Å². The Morgan fingerprint density at radius 2 is 1.29 bits per heavy atom. The Balaban J connectivity index is 1.58. The summed E-state index contributed by atoms with van der Waals surface area (Å²) in [6.07, 6.45) is -4.05. The molecule has 0 saturated carbocycles. The molecule has 17 heteroatoms. The third kappa shape index (κ3) is 8.58. The summed E-state index contributed by atoms with van der Waals surface area (Å²) in [7, 11) is -0.679. The summed E-state index contributed by atoms with van der Waals surface area (Å²) in [5, 5.41) is 22.0. The minimum atomic E-state index is -5.17. The lowest BCUT2D eigenvalue weighted by Gasteiger charge is -2.27. The number of carbonyl (C=O) groups is 1. The minimum Gasteiger partial charge on any atom is -0.497 e. The molecule has 2 aromatic heterocycles. The molecule has 6 rings (SSSR count). The second-order valence-corrected chi connectivity index (χ2v) is 13.9. The van der Waals surface area contributed by atoms with Crippen molar-refractivity contribution in [3.8, 4) is 39.8 Å². The fourth-order valence-electron chi connectivity index (χ4n) is 5.74. The van der Waals surface area contributed by atoms with Crippen LogP contribution in [0.5, 0.6) is 17.2 Å². The van der Waals surface area contributed by atoms with Gasteiger partial charge in [0.1, 0.15) is 27.8 Å². The van der Waals surface area contributed by atoms with Crippen molar-refractivity contribution in [2.75, 3.05) is 21.3 Å². The van der Waals surface area contributed by atoms with Crippen LogP contribution in [0.2, 0.25) is 0 Å². The molecule has 2 heterocycles. The SMILES string of the molecule is COc1ccc(CN(Cc2ccc(OC)cc2)S(=O)(=O)c2c(C(F)(F)F)ccc(-c3ccc(C(=O)O)nc3)c2-c2nnn(Cc3ccc(OC)cc3)n2)cc1. The number of benzene rings is 4. The Morgan fingerprint density at radius 3 is 1.75 bits per heavy atom. The molecule has 0 spiro atoms. The highest BCUT2D eigenvalue weighted by Crippen LogP contribution is 2.45. The van der Waals surface area contributed by atoms with E-state index in [9.17, 15) is 9.90 Å². The number of aromatic nitrogens is 5. The maximum atomic E-state index is 15.1. The number of nitrogens with zero attached hydrogens (tertiary/aromatic N) is 6. The molecular weight excluding hydrogens is 742 g/mol. The largest absolute Gasteiger partial charge is 0.497 e. The number of methoxy groups -OCH3 is 3. The molecule has 284 valence electrons. The molecule has 0 amide bonds. The Hall–Kier alpha value is -6.33. The first-order valence-electron chi connectivity index (χ1n) is 16.4. The molecular formula is C38H33F3N6O7S. The predicted molar refractivity (Wildman–Crippen MR) is 193 cm³/mol. The number of hydrogen-bond acceptors (Lipinski definition) is 10. The van der Waals surface area contributed by atoms with Crippen molar-refractivity contribution in [2.45, 2.75) is 30.7 Å². The maximum Gasteiger partial charge on any atom is 0.417 e. The van der Waals surface area contributed by atoms with Crippen LogP contribution in [0.3, 0.4) is 0 Å². The standard InChI is InChI=1S/C38H33F3N6O7S/c1-52-28-11-4-24(5-12-28)21-46(22-25-6-13-29(53-2)14-7-25)55(50,51)35-32(38(39,40)41)18-17-31(27-10-19-33(37(48)49)42-20-27)34(35)36-43-45-47(44-36)23-26-8-15-30(54-3)16-9-26/h4-20H,21-23H2,1-3H3,(H,48,49). The van der Waals surface area contributed by atoms with E-state index in [0.717, 1.165) is 27.4 Å². The van der Waals surface area contributed by atoms with Crippen molar-refractivity contribution < 1.29 is 45.7 Å². The van der Waals surface area contributed by atoms with E-state index in [2.05, 4.69) is 20.4 Å². The Morgan fingerprint density at radius 1 is 0.764 bits per heavy atom. The van der Waals surface area contributed by atoms with Crippen molar-refractivity contribution in [2.24, 2.45) is 0 Å². The zero-order chi connectivity index (χ0) is 39.3. The summed E-state index contributed by atoms with van der Waals surface area (Å²) in [6, 6.07) is 24.0. The molecule has 0 saturated heterocycles. The van der Waals surface area contributed by atoms with Gasteiger partial charge in [0.2, 0.25) is 15.8 Å². The summed E-state index contributed by atoms with van der Waals surface area (Å²) in [5.41, 5.74) is -0.651. The molecule has 0 bridgehead atoms. The average molecular weight is 775 g/mol. The maximum absolute atomic E-state index is 15.1. The van der Waals surface area contributed by atoms with Gasteiger partial charge in [-0.25, -0.2) is 18.2 Å². The van der Waals surface area contributed by atoms with Gasteiger partial charge in [-0.3, -0.25) is 0 Å². The summed E-state index contributed by atoms with van der Waals surface area (Å²) >= 11 is 0. The second-order valence-electron chi connectivity index (χ2n) is 12.1. The van der Waals surface area contributed by atoms with Crippen molar-refractivity contribution >= 4 is 16.0 Å². The number of hydrogen-bond donors (Lipinski definition) is 1. The molecule has 0 aliphatic rings. The molecule has 0 radical (unpaired) electrons. The summed E-state index contributed by atoms with van der Waals surface area (Å²) in [6.45, 7) is -0.652. The molecule has 13 nitrogen and oxygen atoms in total. The number of carboxylic acid groups (broad SMARTS) is 1. The number of pyridine rings is 1. The summed E-state index contributed by atoms with van der Waals surface area (Å²) in [4.78, 5) is 15.5. The van der Waals surface area contributed by atoms with Gasteiger partial charge in [0.15, 0.2) is 0 Å². The lowest BCUT2D eigenvalue weighted by molar-refractivity contribution is -0.139. The van der Waals surface area contributed by atoms with E-state index in [1.165, 1.54) is 27.4 Å². The van der Waals surface area contributed by atoms with Gasteiger partial charge in [-0.15, -0.1) is 10.2 Å². The topological polar surface area (TPSA) is 159 Å². The highest BCUT2D eigenvalue weighted by atomic mass is 32.2. The zero-order valence-corrected chi connectivity index (χ0v) is 30.4. The van der Waals surface area contributed by atoms with Gasteiger partial charge in [0.05, 0.1) is 39.0 Å². The van der Waals surface area contributed by atoms with Crippen LogP contribution in [-0.4, -0.2) is 70.3 Å². The van der Waals surface area contributed by atoms with Gasteiger partial charge in [-0.05, 0) is 76.0 Å². The fourth-order valence-corrected chi connectivity index (χ4v) is 7.56. The highest BCUT2D eigenvalue weighted by molar-refractivity contribution is 7.89. The number of tetrazole rings is 1. The van der Waals surface area contributed by atoms with Gasteiger partial charge in [-0.1, -0.05) is 48.5 Å². The summed E-state index contributed by atoms with van der Waals surface area (Å²) < 4.78 is 92.2. The first kappa shape index (κ1) is 38.4. The normalized spacial score (nSPS) is 11.8. The number of alkyl halides is 3.